The molecule has 0 bridgehead atoms. The molecule has 5 rings (SSSR count). The second-order valence-electron chi connectivity index (χ2n) is 8.70. The molecule has 2 aromatic carbocycles. The van der Waals surface area contributed by atoms with Crippen molar-refractivity contribution in [1.82, 2.24) is 4.90 Å². The monoisotopic (exact) mass is 514 g/mol. The number of aromatic carboxylic acids is 1. The standard InChI is InChI=1S/C29H26N2O5S/c1-2-35-29(34)26-23-13-14-31(17-19-7-4-3-5-8-19)18-25(23)37-27(26)30-16-22-11-12-24(36-22)20-9-6-10-21(15-20)28(32)33/h3-12,15-16H,2,13-14,17-18H2,1H3,(H,32,33). The van der Waals surface area contributed by atoms with Crippen molar-refractivity contribution in [2.75, 3.05) is 13.2 Å². The molecule has 4 aromatic rings. The van der Waals surface area contributed by atoms with Crippen LogP contribution in [0.25, 0.3) is 11.3 Å². The zero-order chi connectivity index (χ0) is 25.8. The average molecular weight is 515 g/mol. The minimum absolute atomic E-state index is 0.189. The number of carbonyl (C=O) groups is 2. The number of hydrogen-bond acceptors (Lipinski definition) is 7. The topological polar surface area (TPSA) is 92.3 Å². The molecule has 0 aliphatic carbocycles. The molecule has 2 aromatic heterocycles. The van der Waals surface area contributed by atoms with Crippen LogP contribution in [0.3, 0.4) is 0 Å². The lowest BCUT2D eigenvalue weighted by Crippen LogP contribution is -2.29. The molecule has 0 saturated carbocycles. The van der Waals surface area contributed by atoms with Crippen LogP contribution < -0.4 is 0 Å². The molecule has 7 nitrogen and oxygen atoms in total. The number of furan rings is 1. The van der Waals surface area contributed by atoms with Crippen LogP contribution in [-0.4, -0.2) is 41.3 Å². The number of fused-ring (bicyclic) bond motifs is 1. The van der Waals surface area contributed by atoms with Crippen LogP contribution >= 0.6 is 11.3 Å². The van der Waals surface area contributed by atoms with Crippen molar-refractivity contribution in [3.05, 3.63) is 99.6 Å². The number of ether oxygens (including phenoxy) is 1. The van der Waals surface area contributed by atoms with E-state index in [9.17, 15) is 14.7 Å². The SMILES string of the molecule is CCOC(=O)c1c(N=Cc2ccc(-c3cccc(C(=O)O)c3)o2)sc2c1CCN(Cc1ccccc1)C2. The normalized spacial score (nSPS) is 13.5. The van der Waals surface area contributed by atoms with Crippen molar-refractivity contribution < 1.29 is 23.8 Å². The van der Waals surface area contributed by atoms with E-state index in [1.54, 1.807) is 43.5 Å². The summed E-state index contributed by atoms with van der Waals surface area (Å²) < 4.78 is 11.3. The third-order valence-electron chi connectivity index (χ3n) is 6.18. The van der Waals surface area contributed by atoms with Gasteiger partial charge in [-0.25, -0.2) is 14.6 Å². The highest BCUT2D eigenvalue weighted by atomic mass is 32.1. The Balaban J connectivity index is 1.39. The van der Waals surface area contributed by atoms with Crippen LogP contribution in [0.2, 0.25) is 0 Å². The predicted octanol–water partition coefficient (Wildman–Crippen LogP) is 6.19. The van der Waals surface area contributed by atoms with E-state index in [0.717, 1.165) is 36.5 Å². The van der Waals surface area contributed by atoms with Crippen molar-refractivity contribution >= 4 is 34.5 Å². The van der Waals surface area contributed by atoms with Gasteiger partial charge in [0.05, 0.1) is 23.9 Å². The number of nitrogens with zero attached hydrogens (tertiary/aromatic N) is 2. The zero-order valence-electron chi connectivity index (χ0n) is 20.3. The number of rotatable bonds is 8. The van der Waals surface area contributed by atoms with Crippen LogP contribution in [0.4, 0.5) is 5.00 Å². The Morgan fingerprint density at radius 2 is 1.97 bits per heavy atom. The molecule has 3 heterocycles. The lowest BCUT2D eigenvalue weighted by Gasteiger charge is -2.27. The number of benzene rings is 2. The molecule has 0 unspecified atom stereocenters. The van der Waals surface area contributed by atoms with Gasteiger partial charge in [0.1, 0.15) is 16.5 Å². The maximum atomic E-state index is 12.9. The molecule has 1 N–H and O–H groups in total. The van der Waals surface area contributed by atoms with E-state index in [1.165, 1.54) is 23.0 Å². The Bertz CT molecular complexity index is 1450. The first kappa shape index (κ1) is 24.7. The Kier molecular flexibility index (Phi) is 7.30. The molecule has 37 heavy (non-hydrogen) atoms. The summed E-state index contributed by atoms with van der Waals surface area (Å²) in [4.78, 5) is 32.3. The fraction of sp³-hybridized carbons (Fsp3) is 0.207. The molecule has 188 valence electrons. The predicted molar refractivity (Wildman–Crippen MR) is 143 cm³/mol. The summed E-state index contributed by atoms with van der Waals surface area (Å²) in [5.74, 6) is -0.306. The molecule has 0 atom stereocenters. The van der Waals surface area contributed by atoms with Crippen molar-refractivity contribution in [3.8, 4) is 11.3 Å². The van der Waals surface area contributed by atoms with Crippen LogP contribution in [-0.2, 0) is 24.2 Å². The van der Waals surface area contributed by atoms with Crippen molar-refractivity contribution in [1.29, 1.82) is 0 Å². The first-order chi connectivity index (χ1) is 18.0. The molecule has 0 amide bonds. The summed E-state index contributed by atoms with van der Waals surface area (Å²) in [6.45, 7) is 4.55. The Morgan fingerprint density at radius 1 is 1.14 bits per heavy atom. The molecular formula is C29H26N2O5S. The highest BCUT2D eigenvalue weighted by Gasteiger charge is 2.28. The molecular weight excluding hydrogens is 488 g/mol. The minimum Gasteiger partial charge on any atom is -0.478 e. The van der Waals surface area contributed by atoms with Gasteiger partial charge in [0.25, 0.3) is 0 Å². The van der Waals surface area contributed by atoms with E-state index in [-0.39, 0.29) is 11.5 Å². The fourth-order valence-corrected chi connectivity index (χ4v) is 5.65. The van der Waals surface area contributed by atoms with E-state index in [2.05, 4.69) is 22.0 Å². The largest absolute Gasteiger partial charge is 0.478 e. The van der Waals surface area contributed by atoms with E-state index in [0.29, 0.717) is 34.3 Å². The number of esters is 1. The van der Waals surface area contributed by atoms with Gasteiger partial charge in [0, 0.05) is 30.1 Å². The number of carboxylic acids is 1. The number of aliphatic imine (C=N–C) groups is 1. The van der Waals surface area contributed by atoms with Crippen LogP contribution in [0.5, 0.6) is 0 Å². The average Bonchev–Trinajstić information content (AvgIpc) is 3.52. The summed E-state index contributed by atoms with van der Waals surface area (Å²) in [6.07, 6.45) is 2.35. The van der Waals surface area contributed by atoms with Gasteiger partial charge < -0.3 is 14.3 Å². The Labute approximate surface area is 218 Å². The molecule has 0 spiro atoms. The van der Waals surface area contributed by atoms with Crippen molar-refractivity contribution in [2.45, 2.75) is 26.4 Å². The lowest BCUT2D eigenvalue weighted by atomic mass is 10.0. The lowest BCUT2D eigenvalue weighted by molar-refractivity contribution is 0.0525. The van der Waals surface area contributed by atoms with Gasteiger partial charge in [0.15, 0.2) is 0 Å². The van der Waals surface area contributed by atoms with E-state index >= 15 is 0 Å². The van der Waals surface area contributed by atoms with Gasteiger partial charge in [-0.15, -0.1) is 11.3 Å². The summed E-state index contributed by atoms with van der Waals surface area (Å²) in [5, 5.41) is 9.86. The van der Waals surface area contributed by atoms with Gasteiger partial charge in [-0.3, -0.25) is 4.90 Å². The number of carboxylic acid groups (broad SMARTS) is 1. The van der Waals surface area contributed by atoms with Crippen molar-refractivity contribution in [2.24, 2.45) is 4.99 Å². The maximum absolute atomic E-state index is 12.9. The Morgan fingerprint density at radius 3 is 2.76 bits per heavy atom. The zero-order valence-corrected chi connectivity index (χ0v) is 21.2. The fourth-order valence-electron chi connectivity index (χ4n) is 4.43. The molecule has 8 heteroatoms. The summed E-state index contributed by atoms with van der Waals surface area (Å²) in [6, 6.07) is 20.5. The number of carbonyl (C=O) groups excluding carboxylic acids is 1. The van der Waals surface area contributed by atoms with E-state index < -0.39 is 5.97 Å². The van der Waals surface area contributed by atoms with Crippen molar-refractivity contribution in [3.63, 3.8) is 0 Å². The number of thiophene rings is 1. The highest BCUT2D eigenvalue weighted by Crippen LogP contribution is 2.40. The van der Waals surface area contributed by atoms with Gasteiger partial charge >= 0.3 is 11.9 Å². The minimum atomic E-state index is -0.995. The Hall–Kier alpha value is -4.01. The third kappa shape index (κ3) is 5.55. The van der Waals surface area contributed by atoms with Gasteiger partial charge in [0.2, 0.25) is 0 Å². The van der Waals surface area contributed by atoms with Gasteiger partial charge in [-0.05, 0) is 48.7 Å². The smallest absolute Gasteiger partial charge is 0.341 e. The molecule has 0 saturated heterocycles. The summed E-state index contributed by atoms with van der Waals surface area (Å²) in [5.41, 5.74) is 3.67. The third-order valence-corrected chi connectivity index (χ3v) is 7.30. The molecule has 1 aliphatic rings. The summed E-state index contributed by atoms with van der Waals surface area (Å²) in [7, 11) is 0. The first-order valence-electron chi connectivity index (χ1n) is 12.1. The van der Waals surface area contributed by atoms with Crippen LogP contribution in [0.1, 0.15) is 49.4 Å². The molecule has 0 radical (unpaired) electrons. The quantitative estimate of drug-likeness (QED) is 0.223. The van der Waals surface area contributed by atoms with Crippen LogP contribution in [0, 0.1) is 0 Å². The first-order valence-corrected chi connectivity index (χ1v) is 12.9. The second kappa shape index (κ2) is 10.9. The summed E-state index contributed by atoms with van der Waals surface area (Å²) >= 11 is 1.51. The van der Waals surface area contributed by atoms with Gasteiger partial charge in [-0.1, -0.05) is 42.5 Å². The molecule has 0 fully saturated rings. The number of hydrogen-bond donors (Lipinski definition) is 1. The van der Waals surface area contributed by atoms with Gasteiger partial charge in [-0.2, -0.15) is 0 Å². The van der Waals surface area contributed by atoms with E-state index in [4.69, 9.17) is 9.15 Å². The van der Waals surface area contributed by atoms with E-state index in [1.807, 2.05) is 18.2 Å². The maximum Gasteiger partial charge on any atom is 0.341 e. The second-order valence-corrected chi connectivity index (χ2v) is 9.78. The highest BCUT2D eigenvalue weighted by molar-refractivity contribution is 7.16. The van der Waals surface area contributed by atoms with Crippen LogP contribution in [0.15, 0.2) is 76.1 Å². The molecule has 1 aliphatic heterocycles.